The summed E-state index contributed by atoms with van der Waals surface area (Å²) in [6, 6.07) is 7.16. The molecule has 1 N–H and O–H groups in total. The number of fused-ring (bicyclic) bond motifs is 2. The van der Waals surface area contributed by atoms with Crippen molar-refractivity contribution in [3.05, 3.63) is 52.6 Å². The van der Waals surface area contributed by atoms with Crippen molar-refractivity contribution in [2.45, 2.75) is 6.92 Å². The van der Waals surface area contributed by atoms with E-state index < -0.39 is 5.91 Å². The van der Waals surface area contributed by atoms with Gasteiger partial charge in [-0.25, -0.2) is 9.50 Å². The minimum Gasteiger partial charge on any atom is -0.366 e. The summed E-state index contributed by atoms with van der Waals surface area (Å²) in [5, 5.41) is 7.95. The van der Waals surface area contributed by atoms with Crippen LogP contribution in [0.25, 0.3) is 27.8 Å². The highest BCUT2D eigenvalue weighted by Crippen LogP contribution is 2.23. The number of hydrogen-bond donors (Lipinski definition) is 1. The molecular formula is C19H19N7O2. The zero-order valence-electron chi connectivity index (χ0n) is 16.0. The summed E-state index contributed by atoms with van der Waals surface area (Å²) >= 11 is 0. The van der Waals surface area contributed by atoms with Crippen molar-refractivity contribution in [1.29, 1.82) is 0 Å². The number of hydrogen-bond acceptors (Lipinski definition) is 4. The van der Waals surface area contributed by atoms with Gasteiger partial charge in [-0.2, -0.15) is 10.1 Å². The lowest BCUT2D eigenvalue weighted by Gasteiger charge is -2.09. The first-order valence-corrected chi connectivity index (χ1v) is 8.65. The minimum absolute atomic E-state index is 0.239. The summed E-state index contributed by atoms with van der Waals surface area (Å²) in [5.74, 6) is 0.0987. The number of benzene rings is 1. The summed E-state index contributed by atoms with van der Waals surface area (Å²) in [6.07, 6.45) is 3.21. The predicted octanol–water partition coefficient (Wildman–Crippen LogP) is 1.70. The number of carbonyl (C=O) groups excluding carboxylic acids is 1. The van der Waals surface area contributed by atoms with E-state index in [1.54, 1.807) is 36.8 Å². The summed E-state index contributed by atoms with van der Waals surface area (Å²) in [6.45, 7) is 1.74. The van der Waals surface area contributed by atoms with Crippen LogP contribution in [0.4, 0.5) is 0 Å². The average molecular weight is 377 g/mol. The molecule has 0 atom stereocenters. The van der Waals surface area contributed by atoms with Crippen LogP contribution >= 0.6 is 0 Å². The van der Waals surface area contributed by atoms with Crippen LogP contribution in [0.1, 0.15) is 17.3 Å². The maximum absolute atomic E-state index is 12.6. The first-order valence-electron chi connectivity index (χ1n) is 8.65. The lowest BCUT2D eigenvalue weighted by Crippen LogP contribution is -2.20. The number of H-pyrrole nitrogens is 1. The van der Waals surface area contributed by atoms with Crippen molar-refractivity contribution < 1.29 is 4.79 Å². The Labute approximate surface area is 159 Å². The monoisotopic (exact) mass is 377 g/mol. The summed E-state index contributed by atoms with van der Waals surface area (Å²) < 4.78 is 3.01. The molecule has 4 rings (SSSR count). The molecular weight excluding hydrogens is 358 g/mol. The van der Waals surface area contributed by atoms with Crippen molar-refractivity contribution in [2.75, 3.05) is 14.1 Å². The topological polar surface area (TPSA) is 101 Å². The molecule has 3 aromatic heterocycles. The Morgan fingerprint density at radius 3 is 2.79 bits per heavy atom. The van der Waals surface area contributed by atoms with Crippen molar-refractivity contribution in [3.63, 3.8) is 0 Å². The number of aromatic nitrogens is 5. The standard InChI is InChI=1S/C19H19N7O2/c1-11(24(2)3)22-19(28)14-10-21-26-17(27)8-15(23-18(14)26)12-5-6-16-13(7-12)9-20-25(16)4/h5-10,21H,1-4H3. The van der Waals surface area contributed by atoms with Gasteiger partial charge in [-0.1, -0.05) is 6.07 Å². The Balaban J connectivity index is 1.85. The zero-order chi connectivity index (χ0) is 20.0. The van der Waals surface area contributed by atoms with E-state index in [1.165, 1.54) is 16.8 Å². The number of amidine groups is 1. The van der Waals surface area contributed by atoms with Gasteiger partial charge in [0.15, 0.2) is 5.65 Å². The van der Waals surface area contributed by atoms with Gasteiger partial charge in [-0.3, -0.25) is 19.4 Å². The van der Waals surface area contributed by atoms with Crippen LogP contribution in [-0.2, 0) is 7.05 Å². The number of carbonyl (C=O) groups is 1. The molecule has 0 saturated carbocycles. The molecule has 4 aromatic rings. The molecule has 9 nitrogen and oxygen atoms in total. The second-order valence-electron chi connectivity index (χ2n) is 6.73. The van der Waals surface area contributed by atoms with Gasteiger partial charge in [0.25, 0.3) is 11.5 Å². The quantitative estimate of drug-likeness (QED) is 0.423. The van der Waals surface area contributed by atoms with Gasteiger partial charge >= 0.3 is 0 Å². The molecule has 1 aromatic carbocycles. The van der Waals surface area contributed by atoms with Crippen molar-refractivity contribution in [1.82, 2.24) is 29.3 Å². The number of aromatic amines is 1. The molecule has 0 unspecified atom stereocenters. The number of amides is 1. The van der Waals surface area contributed by atoms with Crippen LogP contribution in [0.15, 0.2) is 46.4 Å². The Morgan fingerprint density at radius 1 is 1.25 bits per heavy atom. The third-order valence-electron chi connectivity index (χ3n) is 4.68. The van der Waals surface area contributed by atoms with Gasteiger partial charge in [-0.05, 0) is 19.1 Å². The maximum atomic E-state index is 12.6. The SMILES string of the molecule is CC(=NC(=O)c1c[nH]n2c(=O)cc(-c3ccc4c(cnn4C)c3)nc12)N(C)C. The zero-order valence-corrected chi connectivity index (χ0v) is 16.0. The highest BCUT2D eigenvalue weighted by molar-refractivity contribution is 6.06. The number of nitrogens with one attached hydrogen (secondary N) is 1. The van der Waals surface area contributed by atoms with Gasteiger partial charge in [0.1, 0.15) is 11.4 Å². The summed E-state index contributed by atoms with van der Waals surface area (Å²) in [4.78, 5) is 35.5. The first-order chi connectivity index (χ1) is 13.3. The van der Waals surface area contributed by atoms with Gasteiger partial charge < -0.3 is 4.90 Å². The molecule has 0 fully saturated rings. The molecule has 1 amide bonds. The van der Waals surface area contributed by atoms with E-state index in [4.69, 9.17) is 0 Å². The molecule has 0 aliphatic heterocycles. The van der Waals surface area contributed by atoms with Crippen LogP contribution in [0, 0.1) is 0 Å². The van der Waals surface area contributed by atoms with E-state index in [2.05, 4.69) is 20.2 Å². The number of nitrogens with zero attached hydrogens (tertiary/aromatic N) is 6. The van der Waals surface area contributed by atoms with E-state index in [9.17, 15) is 9.59 Å². The highest BCUT2D eigenvalue weighted by atomic mass is 16.1. The van der Waals surface area contributed by atoms with Crippen molar-refractivity contribution in [2.24, 2.45) is 12.0 Å². The normalized spacial score (nSPS) is 12.1. The molecule has 142 valence electrons. The lowest BCUT2D eigenvalue weighted by atomic mass is 10.1. The van der Waals surface area contributed by atoms with E-state index >= 15 is 0 Å². The molecule has 3 heterocycles. The lowest BCUT2D eigenvalue weighted by molar-refractivity contribution is 0.100. The van der Waals surface area contributed by atoms with E-state index in [1.807, 2.05) is 25.2 Å². The summed E-state index contributed by atoms with van der Waals surface area (Å²) in [7, 11) is 5.47. The smallest absolute Gasteiger partial charge is 0.284 e. The van der Waals surface area contributed by atoms with Crippen LogP contribution in [0.3, 0.4) is 0 Å². The summed E-state index contributed by atoms with van der Waals surface area (Å²) in [5.41, 5.74) is 2.41. The van der Waals surface area contributed by atoms with E-state index in [0.29, 0.717) is 11.5 Å². The second kappa shape index (κ2) is 6.45. The highest BCUT2D eigenvalue weighted by Gasteiger charge is 2.16. The molecule has 0 aliphatic rings. The molecule has 0 spiro atoms. The molecule has 0 radical (unpaired) electrons. The Morgan fingerprint density at radius 2 is 2.04 bits per heavy atom. The number of aliphatic imine (C=N–C) groups is 1. The molecule has 0 bridgehead atoms. The van der Waals surface area contributed by atoms with E-state index in [0.717, 1.165) is 16.5 Å². The van der Waals surface area contributed by atoms with Crippen LogP contribution in [0.5, 0.6) is 0 Å². The molecule has 9 heteroatoms. The third-order valence-corrected chi connectivity index (χ3v) is 4.68. The predicted molar refractivity (Wildman–Crippen MR) is 107 cm³/mol. The third kappa shape index (κ3) is 2.86. The molecule has 28 heavy (non-hydrogen) atoms. The van der Waals surface area contributed by atoms with Crippen molar-refractivity contribution >= 4 is 28.3 Å². The molecule has 0 saturated heterocycles. The van der Waals surface area contributed by atoms with Crippen LogP contribution in [-0.4, -0.2) is 55.1 Å². The molecule has 0 aliphatic carbocycles. The Bertz CT molecular complexity index is 1310. The van der Waals surface area contributed by atoms with Crippen LogP contribution < -0.4 is 5.56 Å². The average Bonchev–Trinajstić information content (AvgIpc) is 3.25. The Hall–Kier alpha value is -3.75. The Kier molecular flexibility index (Phi) is 4.07. The number of rotatable bonds is 2. The van der Waals surface area contributed by atoms with E-state index in [-0.39, 0.29) is 16.8 Å². The van der Waals surface area contributed by atoms with Crippen LogP contribution in [0.2, 0.25) is 0 Å². The largest absolute Gasteiger partial charge is 0.366 e. The fourth-order valence-electron chi connectivity index (χ4n) is 2.92. The van der Waals surface area contributed by atoms with Crippen molar-refractivity contribution in [3.8, 4) is 11.3 Å². The minimum atomic E-state index is -0.461. The van der Waals surface area contributed by atoms with Gasteiger partial charge in [0.05, 0.1) is 17.4 Å². The first kappa shape index (κ1) is 17.7. The number of aryl methyl sites for hydroxylation is 1. The van der Waals surface area contributed by atoms with Gasteiger partial charge in [-0.15, -0.1) is 0 Å². The fraction of sp³-hybridized carbons (Fsp3) is 0.211. The fourth-order valence-corrected chi connectivity index (χ4v) is 2.92. The maximum Gasteiger partial charge on any atom is 0.284 e. The van der Waals surface area contributed by atoms with Gasteiger partial charge in [0, 0.05) is 44.4 Å². The second-order valence-corrected chi connectivity index (χ2v) is 6.73. The van der Waals surface area contributed by atoms with Gasteiger partial charge in [0.2, 0.25) is 0 Å².